The van der Waals surface area contributed by atoms with Gasteiger partial charge in [-0.05, 0) is 56.6 Å². The minimum Gasteiger partial charge on any atom is -0.341 e. The molecule has 0 unspecified atom stereocenters. The molecule has 7 nitrogen and oxygen atoms in total. The number of nitrogens with zero attached hydrogens (tertiary/aromatic N) is 5. The normalized spacial score (nSPS) is 19.4. The molecule has 2 fully saturated rings. The Bertz CT molecular complexity index is 943. The Kier molecular flexibility index (Phi) is 5.73. The molecule has 3 heterocycles. The van der Waals surface area contributed by atoms with Gasteiger partial charge >= 0.3 is 0 Å². The second-order valence-corrected chi connectivity index (χ2v) is 9.98. The summed E-state index contributed by atoms with van der Waals surface area (Å²) in [5.41, 5.74) is 1.05. The van der Waals surface area contributed by atoms with Gasteiger partial charge in [-0.2, -0.15) is 0 Å². The van der Waals surface area contributed by atoms with Crippen LogP contribution in [0.3, 0.4) is 0 Å². The molecule has 0 atom stereocenters. The van der Waals surface area contributed by atoms with Gasteiger partial charge in [0.2, 0.25) is 5.95 Å². The SMILES string of the molecule is CC1CCN(c2nnc(SCCCCN3C(=O)c4ccccc4C3=O)n2C2CC2)CC1. The Labute approximate surface area is 187 Å². The molecule has 0 N–H and O–H groups in total. The van der Waals surface area contributed by atoms with Crippen LogP contribution in [-0.2, 0) is 0 Å². The summed E-state index contributed by atoms with van der Waals surface area (Å²) in [5.74, 6) is 2.42. The number of amides is 2. The summed E-state index contributed by atoms with van der Waals surface area (Å²) in [7, 11) is 0. The zero-order chi connectivity index (χ0) is 21.4. The van der Waals surface area contributed by atoms with E-state index in [2.05, 4.69) is 26.6 Å². The number of fused-ring (bicyclic) bond motifs is 1. The molecule has 5 rings (SSSR count). The summed E-state index contributed by atoms with van der Waals surface area (Å²) in [6, 6.07) is 7.62. The molecule has 2 amide bonds. The van der Waals surface area contributed by atoms with Crippen LogP contribution in [0.5, 0.6) is 0 Å². The van der Waals surface area contributed by atoms with E-state index in [4.69, 9.17) is 0 Å². The van der Waals surface area contributed by atoms with Crippen LogP contribution in [0.4, 0.5) is 5.95 Å². The molecule has 2 aliphatic heterocycles. The van der Waals surface area contributed by atoms with E-state index in [1.807, 2.05) is 0 Å². The van der Waals surface area contributed by atoms with E-state index >= 15 is 0 Å². The molecule has 1 aromatic carbocycles. The molecule has 31 heavy (non-hydrogen) atoms. The number of benzene rings is 1. The number of piperidine rings is 1. The van der Waals surface area contributed by atoms with E-state index < -0.39 is 0 Å². The van der Waals surface area contributed by atoms with Crippen LogP contribution in [0.15, 0.2) is 29.4 Å². The van der Waals surface area contributed by atoms with E-state index in [0.29, 0.717) is 23.7 Å². The summed E-state index contributed by atoms with van der Waals surface area (Å²) >= 11 is 1.75. The Morgan fingerprint density at radius 2 is 1.65 bits per heavy atom. The van der Waals surface area contributed by atoms with E-state index in [1.54, 1.807) is 36.0 Å². The molecule has 1 saturated carbocycles. The number of anilines is 1. The van der Waals surface area contributed by atoms with E-state index in [-0.39, 0.29) is 11.8 Å². The van der Waals surface area contributed by atoms with E-state index in [9.17, 15) is 9.59 Å². The summed E-state index contributed by atoms with van der Waals surface area (Å²) in [4.78, 5) is 28.7. The number of unbranched alkanes of at least 4 members (excludes halogenated alkanes) is 1. The minimum absolute atomic E-state index is 0.165. The third-order valence-corrected chi connectivity index (χ3v) is 7.54. The molecule has 8 heteroatoms. The molecule has 1 aromatic heterocycles. The number of thioether (sulfide) groups is 1. The van der Waals surface area contributed by atoms with Gasteiger partial charge in [0, 0.05) is 31.4 Å². The quantitative estimate of drug-likeness (QED) is 0.351. The summed E-state index contributed by atoms with van der Waals surface area (Å²) < 4.78 is 2.35. The van der Waals surface area contributed by atoms with Crippen molar-refractivity contribution < 1.29 is 9.59 Å². The summed E-state index contributed by atoms with van der Waals surface area (Å²) in [5, 5.41) is 10.1. The Hall–Kier alpha value is -2.35. The van der Waals surface area contributed by atoms with Crippen molar-refractivity contribution in [2.24, 2.45) is 5.92 Å². The topological polar surface area (TPSA) is 71.3 Å². The Morgan fingerprint density at radius 3 is 2.29 bits per heavy atom. The fourth-order valence-corrected chi connectivity index (χ4v) is 5.42. The van der Waals surface area contributed by atoms with Crippen LogP contribution in [0.2, 0.25) is 0 Å². The standard InChI is InChI=1S/C23H29N5O2S/c1-16-10-13-26(14-11-16)22-24-25-23(28(22)17-8-9-17)31-15-5-4-12-27-20(29)18-6-2-3-7-19(18)21(27)30/h2-3,6-7,16-17H,4-5,8-15H2,1H3. The maximum atomic E-state index is 12.5. The van der Waals surface area contributed by atoms with E-state index in [0.717, 1.165) is 48.7 Å². The van der Waals surface area contributed by atoms with Crippen molar-refractivity contribution in [3.05, 3.63) is 35.4 Å². The number of carbonyl (C=O) groups is 2. The largest absolute Gasteiger partial charge is 0.341 e. The van der Waals surface area contributed by atoms with Crippen LogP contribution < -0.4 is 4.90 Å². The lowest BCUT2D eigenvalue weighted by Crippen LogP contribution is -2.34. The van der Waals surface area contributed by atoms with Crippen LogP contribution >= 0.6 is 11.8 Å². The van der Waals surface area contributed by atoms with Gasteiger partial charge in [0.25, 0.3) is 11.8 Å². The lowest BCUT2D eigenvalue weighted by molar-refractivity contribution is 0.0652. The van der Waals surface area contributed by atoms with Gasteiger partial charge in [0.1, 0.15) is 0 Å². The maximum absolute atomic E-state index is 12.5. The summed E-state index contributed by atoms with van der Waals surface area (Å²) in [6.45, 7) is 4.93. The van der Waals surface area contributed by atoms with Gasteiger partial charge in [-0.3, -0.25) is 19.1 Å². The second-order valence-electron chi connectivity index (χ2n) is 8.92. The summed E-state index contributed by atoms with van der Waals surface area (Å²) in [6.07, 6.45) is 6.58. The molecule has 0 bridgehead atoms. The van der Waals surface area contributed by atoms with Crippen LogP contribution in [-0.4, -0.2) is 56.9 Å². The van der Waals surface area contributed by atoms with Gasteiger partial charge in [0.15, 0.2) is 5.16 Å². The molecule has 1 aliphatic carbocycles. The predicted molar refractivity (Wildman–Crippen MR) is 121 cm³/mol. The number of imide groups is 1. The molecule has 2 aromatic rings. The lowest BCUT2D eigenvalue weighted by atomic mass is 10.00. The van der Waals surface area contributed by atoms with Gasteiger partial charge in [-0.1, -0.05) is 30.8 Å². The first-order valence-electron chi connectivity index (χ1n) is 11.4. The number of hydrogen-bond acceptors (Lipinski definition) is 6. The number of hydrogen-bond donors (Lipinski definition) is 0. The van der Waals surface area contributed by atoms with Crippen LogP contribution in [0, 0.1) is 5.92 Å². The third kappa shape index (κ3) is 4.10. The lowest BCUT2D eigenvalue weighted by Gasteiger charge is -2.31. The van der Waals surface area contributed by atoms with Crippen LogP contribution in [0.25, 0.3) is 0 Å². The highest BCUT2D eigenvalue weighted by atomic mass is 32.2. The van der Waals surface area contributed by atoms with Crippen molar-refractivity contribution in [2.75, 3.05) is 30.3 Å². The average Bonchev–Trinajstić information content (AvgIpc) is 3.50. The highest BCUT2D eigenvalue weighted by Gasteiger charge is 2.35. The fourth-order valence-electron chi connectivity index (χ4n) is 4.42. The Morgan fingerprint density at radius 1 is 0.968 bits per heavy atom. The molecule has 1 saturated heterocycles. The fraction of sp³-hybridized carbons (Fsp3) is 0.565. The third-order valence-electron chi connectivity index (χ3n) is 6.51. The number of aromatic nitrogens is 3. The van der Waals surface area contributed by atoms with Gasteiger partial charge in [-0.25, -0.2) is 0 Å². The first-order chi connectivity index (χ1) is 15.1. The monoisotopic (exact) mass is 439 g/mol. The predicted octanol–water partition coefficient (Wildman–Crippen LogP) is 4.02. The van der Waals surface area contributed by atoms with Crippen molar-refractivity contribution in [1.82, 2.24) is 19.7 Å². The highest BCUT2D eigenvalue weighted by molar-refractivity contribution is 7.99. The van der Waals surface area contributed by atoms with E-state index in [1.165, 1.54) is 30.6 Å². The second kappa shape index (κ2) is 8.65. The first-order valence-corrected chi connectivity index (χ1v) is 12.4. The van der Waals surface area contributed by atoms with Gasteiger partial charge < -0.3 is 4.90 Å². The van der Waals surface area contributed by atoms with Gasteiger partial charge in [0.05, 0.1) is 11.1 Å². The molecular weight excluding hydrogens is 410 g/mol. The van der Waals surface area contributed by atoms with Crippen molar-refractivity contribution in [1.29, 1.82) is 0 Å². The molecule has 0 radical (unpaired) electrons. The van der Waals surface area contributed by atoms with Crippen molar-refractivity contribution in [3.63, 3.8) is 0 Å². The molecular formula is C23H29N5O2S. The maximum Gasteiger partial charge on any atom is 0.261 e. The van der Waals surface area contributed by atoms with Gasteiger partial charge in [-0.15, -0.1) is 10.2 Å². The zero-order valence-corrected chi connectivity index (χ0v) is 18.8. The molecule has 3 aliphatic rings. The van der Waals surface area contributed by atoms with Crippen LogP contribution in [0.1, 0.15) is 72.2 Å². The zero-order valence-electron chi connectivity index (χ0n) is 18.0. The highest BCUT2D eigenvalue weighted by Crippen LogP contribution is 2.41. The number of carbonyl (C=O) groups excluding carboxylic acids is 2. The average molecular weight is 440 g/mol. The minimum atomic E-state index is -0.165. The number of rotatable bonds is 8. The molecule has 164 valence electrons. The Balaban J connectivity index is 1.14. The first kappa shape index (κ1) is 20.5. The van der Waals surface area contributed by atoms with Crippen molar-refractivity contribution in [3.8, 4) is 0 Å². The molecule has 0 spiro atoms. The smallest absolute Gasteiger partial charge is 0.261 e. The van der Waals surface area contributed by atoms with Crippen molar-refractivity contribution in [2.45, 2.75) is 56.6 Å². The van der Waals surface area contributed by atoms with Crippen molar-refractivity contribution >= 4 is 29.5 Å².